The molecule has 0 spiro atoms. The lowest BCUT2D eigenvalue weighted by Crippen LogP contribution is -2.22. The first-order valence-corrected chi connectivity index (χ1v) is 6.92. The summed E-state index contributed by atoms with van der Waals surface area (Å²) in [6.45, 7) is 4.98. The van der Waals surface area contributed by atoms with Crippen molar-refractivity contribution in [1.29, 1.82) is 0 Å². The van der Waals surface area contributed by atoms with Crippen molar-refractivity contribution in [1.82, 2.24) is 4.90 Å². The summed E-state index contributed by atoms with van der Waals surface area (Å²) in [5.74, 6) is 0.181. The predicted molar refractivity (Wildman–Crippen MR) is 80.0 cm³/mol. The van der Waals surface area contributed by atoms with Crippen molar-refractivity contribution < 1.29 is 4.79 Å². The van der Waals surface area contributed by atoms with E-state index in [9.17, 15) is 4.79 Å². The molecule has 0 aromatic heterocycles. The molecule has 0 radical (unpaired) electrons. The summed E-state index contributed by atoms with van der Waals surface area (Å²) in [5.41, 5.74) is 3.56. The van der Waals surface area contributed by atoms with Crippen LogP contribution in [0, 0.1) is 13.8 Å². The van der Waals surface area contributed by atoms with E-state index in [1.54, 1.807) is 19.0 Å². The largest absolute Gasteiger partial charge is 0.385 e. The van der Waals surface area contributed by atoms with Crippen molar-refractivity contribution in [2.24, 2.45) is 0 Å². The van der Waals surface area contributed by atoms with Gasteiger partial charge in [0.15, 0.2) is 0 Å². The van der Waals surface area contributed by atoms with Crippen molar-refractivity contribution in [3.05, 3.63) is 27.7 Å². The highest BCUT2D eigenvalue weighted by Gasteiger charge is 2.04. The van der Waals surface area contributed by atoms with Crippen LogP contribution < -0.4 is 5.32 Å². The van der Waals surface area contributed by atoms with E-state index in [0.717, 1.165) is 23.1 Å². The molecule has 3 nitrogen and oxygen atoms in total. The van der Waals surface area contributed by atoms with Crippen LogP contribution in [-0.2, 0) is 4.79 Å². The first-order valence-electron chi connectivity index (χ1n) is 6.12. The topological polar surface area (TPSA) is 32.3 Å². The number of anilines is 1. The summed E-state index contributed by atoms with van der Waals surface area (Å²) < 4.78 is 1.16. The third-order valence-corrected chi connectivity index (χ3v) is 4.08. The number of nitrogens with zero attached hydrogens (tertiary/aromatic N) is 1. The van der Waals surface area contributed by atoms with Gasteiger partial charge in [0.25, 0.3) is 0 Å². The van der Waals surface area contributed by atoms with Gasteiger partial charge in [-0.2, -0.15) is 0 Å². The smallest absolute Gasteiger partial charge is 0.222 e. The minimum atomic E-state index is 0.181. The van der Waals surface area contributed by atoms with Gasteiger partial charge in [-0.25, -0.2) is 0 Å². The number of amides is 1. The van der Waals surface area contributed by atoms with E-state index in [0.29, 0.717) is 6.42 Å². The molecule has 1 rings (SSSR count). The highest BCUT2D eigenvalue weighted by molar-refractivity contribution is 9.10. The minimum absolute atomic E-state index is 0.181. The molecule has 0 heterocycles. The van der Waals surface area contributed by atoms with Gasteiger partial charge in [0.05, 0.1) is 0 Å². The maximum atomic E-state index is 11.4. The molecule has 0 bridgehead atoms. The van der Waals surface area contributed by atoms with Crippen LogP contribution in [0.2, 0.25) is 0 Å². The molecule has 18 heavy (non-hydrogen) atoms. The molecule has 1 N–H and O–H groups in total. The van der Waals surface area contributed by atoms with Gasteiger partial charge >= 0.3 is 0 Å². The first kappa shape index (κ1) is 15.0. The molecule has 0 aliphatic rings. The molecule has 1 aromatic carbocycles. The zero-order valence-corrected chi connectivity index (χ0v) is 13.1. The van der Waals surface area contributed by atoms with E-state index in [4.69, 9.17) is 0 Å². The maximum absolute atomic E-state index is 11.4. The molecular formula is C14H21BrN2O. The Kier molecular flexibility index (Phi) is 5.66. The Morgan fingerprint density at radius 2 is 1.83 bits per heavy atom. The standard InChI is InChI=1S/C14H21BrN2O/c1-10-8-12(9-11(2)14(10)15)16-7-5-6-13(18)17(3)4/h8-9,16H,5-7H2,1-4H3. The number of carbonyl (C=O) groups excluding carboxylic acids is 1. The number of hydrogen-bond donors (Lipinski definition) is 1. The number of nitrogens with one attached hydrogen (secondary N) is 1. The lowest BCUT2D eigenvalue weighted by molar-refractivity contribution is -0.128. The Bertz CT molecular complexity index is 407. The van der Waals surface area contributed by atoms with Crippen LogP contribution in [0.25, 0.3) is 0 Å². The van der Waals surface area contributed by atoms with E-state index in [2.05, 4.69) is 47.2 Å². The molecule has 0 fully saturated rings. The Labute approximate surface area is 118 Å². The third kappa shape index (κ3) is 4.33. The van der Waals surface area contributed by atoms with Crippen molar-refractivity contribution >= 4 is 27.5 Å². The van der Waals surface area contributed by atoms with E-state index in [-0.39, 0.29) is 5.91 Å². The number of carbonyl (C=O) groups is 1. The van der Waals surface area contributed by atoms with Gasteiger partial charge in [-0.1, -0.05) is 15.9 Å². The van der Waals surface area contributed by atoms with Crippen molar-refractivity contribution in [3.63, 3.8) is 0 Å². The molecule has 0 unspecified atom stereocenters. The lowest BCUT2D eigenvalue weighted by atomic mass is 10.1. The quantitative estimate of drug-likeness (QED) is 0.846. The van der Waals surface area contributed by atoms with E-state index in [1.165, 1.54) is 11.1 Å². The number of benzene rings is 1. The molecule has 1 aromatic rings. The van der Waals surface area contributed by atoms with Gasteiger partial charge in [-0.15, -0.1) is 0 Å². The van der Waals surface area contributed by atoms with E-state index < -0.39 is 0 Å². The van der Waals surface area contributed by atoms with Crippen LogP contribution in [0.1, 0.15) is 24.0 Å². The number of rotatable bonds is 5. The first-order chi connectivity index (χ1) is 8.41. The molecule has 100 valence electrons. The summed E-state index contributed by atoms with van der Waals surface area (Å²) >= 11 is 3.55. The fourth-order valence-electron chi connectivity index (χ4n) is 1.74. The van der Waals surface area contributed by atoms with Crippen molar-refractivity contribution in [2.45, 2.75) is 26.7 Å². The van der Waals surface area contributed by atoms with E-state index in [1.807, 2.05) is 0 Å². The van der Waals surface area contributed by atoms with Gasteiger partial charge in [0.1, 0.15) is 0 Å². The fourth-order valence-corrected chi connectivity index (χ4v) is 1.97. The Hall–Kier alpha value is -1.03. The second-order valence-corrected chi connectivity index (χ2v) is 5.54. The molecule has 1 amide bonds. The predicted octanol–water partition coefficient (Wildman–Crippen LogP) is 3.35. The summed E-state index contributed by atoms with van der Waals surface area (Å²) in [6.07, 6.45) is 1.44. The van der Waals surface area contributed by atoms with Crippen LogP contribution in [-0.4, -0.2) is 31.4 Å². The normalized spacial score (nSPS) is 10.3. The number of halogens is 1. The third-order valence-electron chi connectivity index (χ3n) is 2.83. The molecule has 0 aliphatic heterocycles. The highest BCUT2D eigenvalue weighted by atomic mass is 79.9. The molecule has 0 saturated carbocycles. The van der Waals surface area contributed by atoms with Crippen molar-refractivity contribution in [2.75, 3.05) is 26.0 Å². The summed E-state index contributed by atoms with van der Waals surface area (Å²) in [7, 11) is 3.58. The number of hydrogen-bond acceptors (Lipinski definition) is 2. The second-order valence-electron chi connectivity index (χ2n) is 4.74. The average molecular weight is 313 g/mol. The molecule has 0 saturated heterocycles. The zero-order chi connectivity index (χ0) is 13.7. The molecular weight excluding hydrogens is 292 g/mol. The summed E-state index contributed by atoms with van der Waals surface area (Å²) in [6, 6.07) is 4.23. The van der Waals surface area contributed by atoms with Crippen LogP contribution >= 0.6 is 15.9 Å². The van der Waals surface area contributed by atoms with Gasteiger partial charge in [0.2, 0.25) is 5.91 Å². The van der Waals surface area contributed by atoms with Crippen LogP contribution in [0.3, 0.4) is 0 Å². The Balaban J connectivity index is 2.43. The van der Waals surface area contributed by atoms with Crippen LogP contribution in [0.15, 0.2) is 16.6 Å². The molecule has 0 atom stereocenters. The van der Waals surface area contributed by atoms with Crippen molar-refractivity contribution in [3.8, 4) is 0 Å². The Morgan fingerprint density at radius 1 is 1.28 bits per heavy atom. The summed E-state index contributed by atoms with van der Waals surface area (Å²) in [5, 5.41) is 3.36. The molecule has 0 aliphatic carbocycles. The number of aryl methyl sites for hydroxylation is 2. The van der Waals surface area contributed by atoms with Crippen LogP contribution in [0.4, 0.5) is 5.69 Å². The minimum Gasteiger partial charge on any atom is -0.385 e. The molecule has 4 heteroatoms. The fraction of sp³-hybridized carbons (Fsp3) is 0.500. The van der Waals surface area contributed by atoms with Gasteiger partial charge in [-0.3, -0.25) is 4.79 Å². The van der Waals surface area contributed by atoms with Gasteiger partial charge in [0, 0.05) is 37.2 Å². The monoisotopic (exact) mass is 312 g/mol. The lowest BCUT2D eigenvalue weighted by Gasteiger charge is -2.12. The second kappa shape index (κ2) is 6.78. The average Bonchev–Trinajstić information content (AvgIpc) is 2.31. The van der Waals surface area contributed by atoms with Gasteiger partial charge < -0.3 is 10.2 Å². The summed E-state index contributed by atoms with van der Waals surface area (Å²) in [4.78, 5) is 13.0. The Morgan fingerprint density at radius 3 is 2.33 bits per heavy atom. The van der Waals surface area contributed by atoms with Gasteiger partial charge in [-0.05, 0) is 43.5 Å². The van der Waals surface area contributed by atoms with E-state index >= 15 is 0 Å². The van der Waals surface area contributed by atoms with Crippen LogP contribution in [0.5, 0.6) is 0 Å². The zero-order valence-electron chi connectivity index (χ0n) is 11.5. The highest BCUT2D eigenvalue weighted by Crippen LogP contribution is 2.24. The maximum Gasteiger partial charge on any atom is 0.222 e. The SMILES string of the molecule is Cc1cc(NCCCC(=O)N(C)C)cc(C)c1Br.